The van der Waals surface area contributed by atoms with Crippen molar-refractivity contribution in [2.24, 2.45) is 0 Å². The van der Waals surface area contributed by atoms with E-state index in [0.29, 0.717) is 5.69 Å². The Morgan fingerprint density at radius 3 is 2.50 bits per heavy atom. The number of rotatable bonds is 6. The highest BCUT2D eigenvalue weighted by atomic mass is 16.6. The smallest absolute Gasteiger partial charge is 0.319 e. The summed E-state index contributed by atoms with van der Waals surface area (Å²) in [6.45, 7) is -0.536. The van der Waals surface area contributed by atoms with E-state index in [4.69, 9.17) is 0 Å². The van der Waals surface area contributed by atoms with Crippen molar-refractivity contribution in [3.8, 4) is 0 Å². The standard InChI is InChI=1S/C16H17N3O5/c20-10-14(18-16(22)17-12-6-2-1-3-7-12)15(21)11-5-4-8-13(9-11)19(23)24/h1-9,14-15,20-21H,10H2,(H2,17,18,22)/t14-,15-/m1/s1. The van der Waals surface area contributed by atoms with Gasteiger partial charge < -0.3 is 20.8 Å². The number of anilines is 1. The van der Waals surface area contributed by atoms with E-state index in [1.54, 1.807) is 30.3 Å². The number of hydrogen-bond donors (Lipinski definition) is 4. The predicted molar refractivity (Wildman–Crippen MR) is 87.5 cm³/mol. The van der Waals surface area contributed by atoms with Crippen LogP contribution in [0.4, 0.5) is 16.2 Å². The average molecular weight is 331 g/mol. The fourth-order valence-electron chi connectivity index (χ4n) is 2.14. The number of amides is 2. The number of para-hydroxylation sites is 1. The van der Waals surface area contributed by atoms with Crippen molar-refractivity contribution in [1.82, 2.24) is 5.32 Å². The second-order valence-corrected chi connectivity index (χ2v) is 5.05. The molecule has 126 valence electrons. The number of aliphatic hydroxyl groups is 2. The molecule has 0 unspecified atom stereocenters. The Labute approximate surface area is 137 Å². The van der Waals surface area contributed by atoms with Crippen LogP contribution in [0.2, 0.25) is 0 Å². The van der Waals surface area contributed by atoms with Crippen LogP contribution >= 0.6 is 0 Å². The summed E-state index contributed by atoms with van der Waals surface area (Å²) >= 11 is 0. The largest absolute Gasteiger partial charge is 0.394 e. The molecule has 24 heavy (non-hydrogen) atoms. The second kappa shape index (κ2) is 8.04. The molecule has 0 aliphatic heterocycles. The van der Waals surface area contributed by atoms with Crippen LogP contribution in [0.25, 0.3) is 0 Å². The Kier molecular flexibility index (Phi) is 5.83. The maximum absolute atomic E-state index is 11.9. The highest BCUT2D eigenvalue weighted by Crippen LogP contribution is 2.21. The van der Waals surface area contributed by atoms with Gasteiger partial charge in [0.05, 0.1) is 17.6 Å². The van der Waals surface area contributed by atoms with Crippen LogP contribution < -0.4 is 10.6 Å². The highest BCUT2D eigenvalue weighted by molar-refractivity contribution is 5.89. The lowest BCUT2D eigenvalue weighted by atomic mass is 10.0. The van der Waals surface area contributed by atoms with Crippen molar-refractivity contribution < 1.29 is 19.9 Å². The first-order chi connectivity index (χ1) is 11.5. The number of carbonyl (C=O) groups excluding carboxylic acids is 1. The van der Waals surface area contributed by atoms with Gasteiger partial charge in [0.25, 0.3) is 5.69 Å². The van der Waals surface area contributed by atoms with E-state index >= 15 is 0 Å². The van der Waals surface area contributed by atoms with E-state index in [9.17, 15) is 25.1 Å². The lowest BCUT2D eigenvalue weighted by molar-refractivity contribution is -0.385. The lowest BCUT2D eigenvalue weighted by Gasteiger charge is -2.22. The van der Waals surface area contributed by atoms with E-state index in [1.807, 2.05) is 0 Å². The summed E-state index contributed by atoms with van der Waals surface area (Å²) in [5.74, 6) is 0. The van der Waals surface area contributed by atoms with Gasteiger partial charge in [-0.1, -0.05) is 30.3 Å². The normalized spacial score (nSPS) is 12.9. The van der Waals surface area contributed by atoms with Gasteiger partial charge in [0.1, 0.15) is 6.10 Å². The Hall–Kier alpha value is -2.97. The quantitative estimate of drug-likeness (QED) is 0.474. The van der Waals surface area contributed by atoms with E-state index in [1.165, 1.54) is 24.3 Å². The van der Waals surface area contributed by atoms with Crippen molar-refractivity contribution in [2.75, 3.05) is 11.9 Å². The van der Waals surface area contributed by atoms with E-state index < -0.39 is 29.7 Å². The number of nitrogens with zero attached hydrogens (tertiary/aromatic N) is 1. The number of nitro benzene ring substituents is 1. The van der Waals surface area contributed by atoms with Gasteiger partial charge in [-0.3, -0.25) is 10.1 Å². The minimum atomic E-state index is -1.29. The number of carbonyl (C=O) groups is 1. The zero-order chi connectivity index (χ0) is 17.5. The van der Waals surface area contributed by atoms with Crippen LogP contribution in [0.1, 0.15) is 11.7 Å². The molecule has 0 spiro atoms. The number of aliphatic hydroxyl groups excluding tert-OH is 2. The van der Waals surface area contributed by atoms with Crippen LogP contribution in [0, 0.1) is 10.1 Å². The summed E-state index contributed by atoms with van der Waals surface area (Å²) in [4.78, 5) is 22.1. The molecule has 4 N–H and O–H groups in total. The fraction of sp³-hybridized carbons (Fsp3) is 0.188. The van der Waals surface area contributed by atoms with Crippen LogP contribution in [-0.4, -0.2) is 33.8 Å². The summed E-state index contributed by atoms with van der Waals surface area (Å²) in [5, 5.41) is 35.5. The van der Waals surface area contributed by atoms with Gasteiger partial charge in [0.2, 0.25) is 0 Å². The van der Waals surface area contributed by atoms with Crippen LogP contribution in [-0.2, 0) is 0 Å². The number of hydrogen-bond acceptors (Lipinski definition) is 5. The zero-order valence-electron chi connectivity index (χ0n) is 12.6. The van der Waals surface area contributed by atoms with Crippen molar-refractivity contribution >= 4 is 17.4 Å². The summed E-state index contributed by atoms with van der Waals surface area (Å²) in [5.41, 5.74) is 0.594. The molecule has 0 saturated carbocycles. The van der Waals surface area contributed by atoms with Crippen LogP contribution in [0.3, 0.4) is 0 Å². The number of urea groups is 1. The molecule has 2 aromatic rings. The van der Waals surface area contributed by atoms with Gasteiger partial charge in [0, 0.05) is 17.8 Å². The van der Waals surface area contributed by atoms with Gasteiger partial charge in [-0.25, -0.2) is 4.79 Å². The lowest BCUT2D eigenvalue weighted by Crippen LogP contribution is -2.44. The molecular weight excluding hydrogens is 314 g/mol. The predicted octanol–water partition coefficient (Wildman–Crippen LogP) is 1.81. The van der Waals surface area contributed by atoms with Crippen LogP contribution in [0.15, 0.2) is 54.6 Å². The fourth-order valence-corrected chi connectivity index (χ4v) is 2.14. The molecule has 0 aliphatic rings. The monoisotopic (exact) mass is 331 g/mol. The Bertz CT molecular complexity index is 708. The Balaban J connectivity index is 2.06. The molecule has 0 aromatic heterocycles. The van der Waals surface area contributed by atoms with E-state index in [2.05, 4.69) is 10.6 Å². The number of benzene rings is 2. The summed E-state index contributed by atoms with van der Waals surface area (Å²) < 4.78 is 0. The summed E-state index contributed by atoms with van der Waals surface area (Å²) in [6, 6.07) is 12.4. The van der Waals surface area contributed by atoms with Gasteiger partial charge in [-0.2, -0.15) is 0 Å². The molecule has 0 bridgehead atoms. The minimum Gasteiger partial charge on any atom is -0.394 e. The summed E-state index contributed by atoms with van der Waals surface area (Å²) in [6.07, 6.45) is -1.29. The maximum Gasteiger partial charge on any atom is 0.319 e. The Morgan fingerprint density at radius 2 is 1.88 bits per heavy atom. The number of nitrogens with one attached hydrogen (secondary N) is 2. The molecule has 0 saturated heterocycles. The topological polar surface area (TPSA) is 125 Å². The van der Waals surface area contributed by atoms with Gasteiger partial charge in [-0.05, 0) is 17.7 Å². The third-order valence-corrected chi connectivity index (χ3v) is 3.35. The van der Waals surface area contributed by atoms with Crippen molar-refractivity contribution in [2.45, 2.75) is 12.1 Å². The third kappa shape index (κ3) is 4.51. The average Bonchev–Trinajstić information content (AvgIpc) is 2.60. The second-order valence-electron chi connectivity index (χ2n) is 5.05. The van der Waals surface area contributed by atoms with Gasteiger partial charge >= 0.3 is 6.03 Å². The van der Waals surface area contributed by atoms with E-state index in [0.717, 1.165) is 0 Å². The number of non-ortho nitro benzene ring substituents is 1. The first-order valence-corrected chi connectivity index (χ1v) is 7.17. The molecule has 0 heterocycles. The highest BCUT2D eigenvalue weighted by Gasteiger charge is 2.23. The van der Waals surface area contributed by atoms with Crippen molar-refractivity contribution in [1.29, 1.82) is 0 Å². The zero-order valence-corrected chi connectivity index (χ0v) is 12.6. The van der Waals surface area contributed by atoms with Crippen molar-refractivity contribution in [3.05, 3.63) is 70.3 Å². The Morgan fingerprint density at radius 1 is 1.17 bits per heavy atom. The van der Waals surface area contributed by atoms with Gasteiger partial charge in [-0.15, -0.1) is 0 Å². The molecule has 2 aromatic carbocycles. The maximum atomic E-state index is 11.9. The first kappa shape index (κ1) is 17.4. The van der Waals surface area contributed by atoms with E-state index in [-0.39, 0.29) is 11.3 Å². The third-order valence-electron chi connectivity index (χ3n) is 3.35. The minimum absolute atomic E-state index is 0.183. The summed E-state index contributed by atoms with van der Waals surface area (Å²) in [7, 11) is 0. The molecule has 2 rings (SSSR count). The first-order valence-electron chi connectivity index (χ1n) is 7.17. The molecule has 8 nitrogen and oxygen atoms in total. The van der Waals surface area contributed by atoms with Crippen LogP contribution in [0.5, 0.6) is 0 Å². The molecular formula is C16H17N3O5. The molecule has 0 radical (unpaired) electrons. The van der Waals surface area contributed by atoms with Gasteiger partial charge in [0.15, 0.2) is 0 Å². The SMILES string of the molecule is O=C(Nc1ccccc1)N[C@H](CO)[C@H](O)c1cccc([N+](=O)[O-])c1. The molecule has 8 heteroatoms. The molecule has 2 amide bonds. The number of nitro groups is 1. The molecule has 0 aliphatic carbocycles. The molecule has 2 atom stereocenters. The van der Waals surface area contributed by atoms with Crippen molar-refractivity contribution in [3.63, 3.8) is 0 Å². The molecule has 0 fully saturated rings.